The van der Waals surface area contributed by atoms with Crippen LogP contribution in [0.1, 0.15) is 31.4 Å². The fourth-order valence-electron chi connectivity index (χ4n) is 3.59. The third kappa shape index (κ3) is 4.67. The van der Waals surface area contributed by atoms with Crippen LogP contribution < -0.4 is 5.32 Å². The van der Waals surface area contributed by atoms with Crippen molar-refractivity contribution in [3.05, 3.63) is 64.7 Å². The maximum Gasteiger partial charge on any atom is 0.270 e. The molecule has 2 aliphatic heterocycles. The van der Waals surface area contributed by atoms with Gasteiger partial charge in [-0.3, -0.25) is 14.5 Å². The molecule has 2 heterocycles. The predicted octanol–water partition coefficient (Wildman–Crippen LogP) is 4.39. The van der Waals surface area contributed by atoms with Gasteiger partial charge >= 0.3 is 0 Å². The number of halogens is 1. The van der Waals surface area contributed by atoms with Crippen molar-refractivity contribution in [3.8, 4) is 0 Å². The maximum absolute atomic E-state index is 12.7. The predicted molar refractivity (Wildman–Crippen MR) is 126 cm³/mol. The highest BCUT2D eigenvalue weighted by Gasteiger charge is 2.41. The first-order valence-electron chi connectivity index (χ1n) is 10.2. The quantitative estimate of drug-likeness (QED) is 0.702. The number of carbonyl (C=O) groups is 2. The molecule has 31 heavy (non-hydrogen) atoms. The van der Waals surface area contributed by atoms with E-state index in [1.165, 1.54) is 11.8 Å². The molecule has 0 saturated heterocycles. The van der Waals surface area contributed by atoms with Crippen molar-refractivity contribution in [1.82, 2.24) is 10.2 Å². The summed E-state index contributed by atoms with van der Waals surface area (Å²) in [6.45, 7) is 4.52. The number of rotatable bonds is 6. The number of benzene rings is 2. The molecule has 1 unspecified atom stereocenters. The normalized spacial score (nSPS) is 17.2. The highest BCUT2D eigenvalue weighted by atomic mass is 35.5. The Morgan fingerprint density at radius 3 is 2.68 bits per heavy atom. The van der Waals surface area contributed by atoms with Crippen LogP contribution in [0.5, 0.6) is 0 Å². The molecule has 2 aromatic carbocycles. The van der Waals surface area contributed by atoms with E-state index in [9.17, 15) is 9.59 Å². The third-order valence-electron chi connectivity index (χ3n) is 5.07. The molecule has 2 amide bonds. The smallest absolute Gasteiger partial charge is 0.270 e. The van der Waals surface area contributed by atoms with Gasteiger partial charge in [0.1, 0.15) is 11.9 Å². The van der Waals surface area contributed by atoms with Crippen molar-refractivity contribution in [2.75, 3.05) is 5.75 Å². The lowest BCUT2D eigenvalue weighted by atomic mass is 10.0. The standard InChI is InChI=1S/C23H23ClN4O2S/c1-14(2)11-19-22(30)27-21-16-8-4-6-10-18(16)26-23(28(19)21)31-13-20(29)25-12-15-7-3-5-9-17(15)24/h3-10,14,19H,11-13H2,1-2H3,(H,25,29). The molecule has 0 aromatic heterocycles. The van der Waals surface area contributed by atoms with Gasteiger partial charge in [-0.25, -0.2) is 4.99 Å². The largest absolute Gasteiger partial charge is 0.351 e. The second-order valence-electron chi connectivity index (χ2n) is 7.86. The van der Waals surface area contributed by atoms with Crippen LogP contribution in [0.3, 0.4) is 0 Å². The van der Waals surface area contributed by atoms with E-state index in [0.717, 1.165) is 16.8 Å². The fourth-order valence-corrected chi connectivity index (χ4v) is 4.67. The van der Waals surface area contributed by atoms with Crippen LogP contribution in [0.2, 0.25) is 5.02 Å². The highest BCUT2D eigenvalue weighted by molar-refractivity contribution is 8.14. The van der Waals surface area contributed by atoms with Crippen molar-refractivity contribution in [1.29, 1.82) is 0 Å². The Morgan fingerprint density at radius 2 is 1.90 bits per heavy atom. The molecule has 160 valence electrons. The zero-order chi connectivity index (χ0) is 22.0. The molecule has 1 N–H and O–H groups in total. The Hall–Kier alpha value is -2.64. The van der Waals surface area contributed by atoms with E-state index < -0.39 is 0 Å². The Morgan fingerprint density at radius 1 is 1.16 bits per heavy atom. The first-order valence-corrected chi connectivity index (χ1v) is 11.5. The van der Waals surface area contributed by atoms with Crippen molar-refractivity contribution < 1.29 is 9.59 Å². The number of amidine groups is 2. The molecule has 2 aromatic rings. The van der Waals surface area contributed by atoms with Gasteiger partial charge in [0.05, 0.1) is 11.4 Å². The molecule has 8 heteroatoms. The Labute approximate surface area is 190 Å². The molecule has 0 radical (unpaired) electrons. The number of fused-ring (bicyclic) bond motifs is 3. The lowest BCUT2D eigenvalue weighted by molar-refractivity contribution is -0.120. The molecular weight excluding hydrogens is 432 g/mol. The Balaban J connectivity index is 1.50. The van der Waals surface area contributed by atoms with Crippen LogP contribution in [0.4, 0.5) is 5.69 Å². The number of nitrogens with one attached hydrogen (secondary N) is 1. The van der Waals surface area contributed by atoms with Crippen LogP contribution >= 0.6 is 23.4 Å². The number of para-hydroxylation sites is 1. The van der Waals surface area contributed by atoms with E-state index >= 15 is 0 Å². The van der Waals surface area contributed by atoms with Gasteiger partial charge < -0.3 is 5.32 Å². The second-order valence-corrected chi connectivity index (χ2v) is 9.21. The highest BCUT2D eigenvalue weighted by Crippen LogP contribution is 2.35. The number of thioether (sulfide) groups is 1. The second kappa shape index (κ2) is 9.24. The average molecular weight is 455 g/mol. The van der Waals surface area contributed by atoms with Crippen LogP contribution in [0.15, 0.2) is 58.5 Å². The summed E-state index contributed by atoms with van der Waals surface area (Å²) in [5, 5.41) is 4.14. The van der Waals surface area contributed by atoms with Gasteiger partial charge in [-0.05, 0) is 36.1 Å². The summed E-state index contributed by atoms with van der Waals surface area (Å²) in [7, 11) is 0. The van der Waals surface area contributed by atoms with Gasteiger partial charge in [0.2, 0.25) is 5.91 Å². The molecular formula is C23H23ClN4O2S. The summed E-state index contributed by atoms with van der Waals surface area (Å²) in [5.41, 5.74) is 2.46. The van der Waals surface area contributed by atoms with Crippen LogP contribution in [-0.2, 0) is 16.1 Å². The molecule has 2 aliphatic rings. The summed E-state index contributed by atoms with van der Waals surface area (Å²) in [6, 6.07) is 14.7. The number of hydrogen-bond acceptors (Lipinski definition) is 5. The van der Waals surface area contributed by atoms with Gasteiger partial charge in [-0.2, -0.15) is 4.99 Å². The Bertz CT molecular complexity index is 1080. The SMILES string of the molecule is CC(C)CC1C(=O)N=C2c3ccccc3N=C(SCC(=O)NCc3ccccc3Cl)N21. The fraction of sp³-hybridized carbons (Fsp3) is 0.304. The van der Waals surface area contributed by atoms with Crippen molar-refractivity contribution in [2.24, 2.45) is 15.9 Å². The van der Waals surface area contributed by atoms with E-state index in [0.29, 0.717) is 34.9 Å². The van der Waals surface area contributed by atoms with E-state index in [-0.39, 0.29) is 23.6 Å². The summed E-state index contributed by atoms with van der Waals surface area (Å²) in [6.07, 6.45) is 0.673. The number of hydrogen-bond donors (Lipinski definition) is 1. The molecule has 1 atom stereocenters. The molecule has 0 spiro atoms. The van der Waals surface area contributed by atoms with Crippen molar-refractivity contribution in [2.45, 2.75) is 32.9 Å². The lowest BCUT2D eigenvalue weighted by Gasteiger charge is -2.31. The summed E-state index contributed by atoms with van der Waals surface area (Å²) < 4.78 is 0. The van der Waals surface area contributed by atoms with Crippen LogP contribution in [-0.4, -0.2) is 39.5 Å². The topological polar surface area (TPSA) is 74.1 Å². The first kappa shape index (κ1) is 21.6. The molecule has 0 fully saturated rings. The van der Waals surface area contributed by atoms with Crippen molar-refractivity contribution >= 4 is 51.9 Å². The minimum Gasteiger partial charge on any atom is -0.351 e. The molecule has 0 saturated carbocycles. The summed E-state index contributed by atoms with van der Waals surface area (Å²) in [5.74, 6) is 0.844. The Kier molecular flexibility index (Phi) is 6.43. The van der Waals surface area contributed by atoms with Gasteiger partial charge in [0.15, 0.2) is 5.17 Å². The van der Waals surface area contributed by atoms with Gasteiger partial charge in [0, 0.05) is 17.1 Å². The zero-order valence-corrected chi connectivity index (χ0v) is 18.9. The summed E-state index contributed by atoms with van der Waals surface area (Å²) >= 11 is 7.47. The molecule has 4 rings (SSSR count). The van der Waals surface area contributed by atoms with Gasteiger partial charge in [-0.1, -0.05) is 67.5 Å². The van der Waals surface area contributed by atoms with E-state index in [1.54, 1.807) is 6.07 Å². The zero-order valence-electron chi connectivity index (χ0n) is 17.3. The number of amides is 2. The van der Waals surface area contributed by atoms with Crippen LogP contribution in [0, 0.1) is 5.92 Å². The van der Waals surface area contributed by atoms with Crippen LogP contribution in [0.25, 0.3) is 0 Å². The number of carbonyl (C=O) groups excluding carboxylic acids is 2. The third-order valence-corrected chi connectivity index (χ3v) is 6.39. The molecule has 0 bridgehead atoms. The average Bonchev–Trinajstić information content (AvgIpc) is 3.07. The minimum absolute atomic E-state index is 0.129. The number of aliphatic imine (C=N–C) groups is 2. The number of nitrogens with zero attached hydrogens (tertiary/aromatic N) is 3. The summed E-state index contributed by atoms with van der Waals surface area (Å²) in [4.78, 5) is 36.2. The monoisotopic (exact) mass is 454 g/mol. The van der Waals surface area contributed by atoms with E-state index in [1.807, 2.05) is 47.4 Å². The van der Waals surface area contributed by atoms with Gasteiger partial charge in [0.25, 0.3) is 5.91 Å². The minimum atomic E-state index is -0.388. The lowest BCUT2D eigenvalue weighted by Crippen LogP contribution is -2.44. The van der Waals surface area contributed by atoms with Crippen molar-refractivity contribution in [3.63, 3.8) is 0 Å². The molecule has 6 nitrogen and oxygen atoms in total. The van der Waals surface area contributed by atoms with E-state index in [4.69, 9.17) is 16.6 Å². The molecule has 0 aliphatic carbocycles. The maximum atomic E-state index is 12.7. The van der Waals surface area contributed by atoms with Gasteiger partial charge in [-0.15, -0.1) is 0 Å². The van der Waals surface area contributed by atoms with E-state index in [2.05, 4.69) is 24.2 Å². The first-order chi connectivity index (χ1) is 14.9.